The molecule has 4 atom stereocenters. The van der Waals surface area contributed by atoms with Crippen molar-refractivity contribution in [3.05, 3.63) is 29.8 Å². The average Bonchev–Trinajstić information content (AvgIpc) is 2.75. The van der Waals surface area contributed by atoms with Gasteiger partial charge in [-0.05, 0) is 55.1 Å². The molecule has 3 aliphatic carbocycles. The van der Waals surface area contributed by atoms with Gasteiger partial charge in [-0.25, -0.2) is 8.42 Å². The van der Waals surface area contributed by atoms with Crippen LogP contribution in [0.2, 0.25) is 0 Å². The van der Waals surface area contributed by atoms with E-state index in [1.807, 2.05) is 12.1 Å². The number of aliphatic imine (C=N–C) groups is 1. The van der Waals surface area contributed by atoms with Gasteiger partial charge in [0.1, 0.15) is 5.84 Å². The minimum atomic E-state index is -3.39. The number of amidine groups is 1. The molecular weight excluding hydrogens is 272 g/mol. The molecule has 104 valence electrons. The molecule has 0 radical (unpaired) electrons. The summed E-state index contributed by atoms with van der Waals surface area (Å²) in [5.41, 5.74) is 0.741. The summed E-state index contributed by atoms with van der Waals surface area (Å²) in [7, 11) is -3.39. The molecule has 1 aromatic carbocycles. The predicted octanol–water partition coefficient (Wildman–Crippen LogP) is 1.77. The Morgan fingerprint density at radius 2 is 1.80 bits per heavy atom. The van der Waals surface area contributed by atoms with Crippen molar-refractivity contribution < 1.29 is 8.42 Å². The van der Waals surface area contributed by atoms with Crippen LogP contribution in [-0.4, -0.2) is 20.3 Å². The summed E-state index contributed by atoms with van der Waals surface area (Å²) in [6.07, 6.45) is 4.10. The number of nitrogens with zero attached hydrogens (tertiary/aromatic N) is 1. The Labute approximate surface area is 118 Å². The van der Waals surface area contributed by atoms with Crippen molar-refractivity contribution in [2.75, 3.05) is 0 Å². The van der Waals surface area contributed by atoms with Crippen molar-refractivity contribution in [2.45, 2.75) is 30.2 Å². The summed E-state index contributed by atoms with van der Waals surface area (Å²) in [5, 5.41) is 0. The van der Waals surface area contributed by atoms with E-state index in [1.165, 1.54) is 19.3 Å². The summed E-state index contributed by atoms with van der Waals surface area (Å²) in [6, 6.07) is 7.49. The average molecular weight is 288 g/mol. The quantitative estimate of drug-likeness (QED) is 0.856. The molecule has 1 aliphatic heterocycles. The van der Waals surface area contributed by atoms with Crippen LogP contribution in [0.25, 0.3) is 0 Å². The van der Waals surface area contributed by atoms with Crippen LogP contribution in [0.4, 0.5) is 0 Å². The van der Waals surface area contributed by atoms with Crippen LogP contribution < -0.4 is 4.72 Å². The van der Waals surface area contributed by atoms with Gasteiger partial charge >= 0.3 is 0 Å². The fourth-order valence-electron chi connectivity index (χ4n) is 4.83. The zero-order valence-electron chi connectivity index (χ0n) is 11.0. The van der Waals surface area contributed by atoms with Crippen LogP contribution in [0.1, 0.15) is 24.8 Å². The van der Waals surface area contributed by atoms with E-state index in [0.29, 0.717) is 16.8 Å². The van der Waals surface area contributed by atoms with Crippen molar-refractivity contribution in [3.8, 4) is 0 Å². The lowest BCUT2D eigenvalue weighted by Gasteiger charge is -2.05. The Morgan fingerprint density at radius 1 is 1.10 bits per heavy atom. The molecule has 1 N–H and O–H groups in total. The maximum Gasteiger partial charge on any atom is 0.263 e. The summed E-state index contributed by atoms with van der Waals surface area (Å²) in [5.74, 6) is 3.75. The third-order valence-corrected chi connectivity index (χ3v) is 7.03. The first-order valence-electron chi connectivity index (χ1n) is 7.35. The standard InChI is InChI=1S/C15H16N2O2S/c18-20(19)11-4-2-1-3-10(11)15(17-20)16-14-12-8-5-6-9(7-8)13(12)14/h1-4,8-9,12-14H,5-7H2,(H,16,17). The molecule has 20 heavy (non-hydrogen) atoms. The Bertz CT molecular complexity index is 724. The lowest BCUT2D eigenvalue weighted by Crippen LogP contribution is -2.23. The van der Waals surface area contributed by atoms with E-state index in [4.69, 9.17) is 4.99 Å². The Hall–Kier alpha value is -1.36. The van der Waals surface area contributed by atoms with Crippen LogP contribution in [0, 0.1) is 23.7 Å². The first kappa shape index (κ1) is 11.3. The van der Waals surface area contributed by atoms with Crippen LogP contribution in [-0.2, 0) is 10.0 Å². The van der Waals surface area contributed by atoms with Gasteiger partial charge in [-0.3, -0.25) is 9.71 Å². The largest absolute Gasteiger partial charge is 0.263 e. The highest BCUT2D eigenvalue weighted by molar-refractivity contribution is 7.90. The molecule has 5 rings (SSSR count). The van der Waals surface area contributed by atoms with Crippen LogP contribution in [0.15, 0.2) is 34.2 Å². The maximum absolute atomic E-state index is 12.1. The molecule has 5 heteroatoms. The van der Waals surface area contributed by atoms with Crippen LogP contribution in [0.5, 0.6) is 0 Å². The van der Waals surface area contributed by atoms with Gasteiger partial charge in [0.15, 0.2) is 0 Å². The van der Waals surface area contributed by atoms with Crippen molar-refractivity contribution >= 4 is 15.9 Å². The molecular formula is C15H16N2O2S. The number of hydrogen-bond acceptors (Lipinski definition) is 3. The van der Waals surface area contributed by atoms with Gasteiger partial charge in [0.05, 0.1) is 10.9 Å². The summed E-state index contributed by atoms with van der Waals surface area (Å²) >= 11 is 0. The van der Waals surface area contributed by atoms with Gasteiger partial charge in [0.25, 0.3) is 10.0 Å². The third-order valence-electron chi connectivity index (χ3n) is 5.64. The first-order chi connectivity index (χ1) is 9.65. The van der Waals surface area contributed by atoms with E-state index in [1.54, 1.807) is 12.1 Å². The third kappa shape index (κ3) is 1.31. The molecule has 1 aromatic rings. The van der Waals surface area contributed by atoms with Gasteiger partial charge in [0, 0.05) is 5.56 Å². The van der Waals surface area contributed by atoms with Crippen LogP contribution >= 0.6 is 0 Å². The van der Waals surface area contributed by atoms with Gasteiger partial charge in [0.2, 0.25) is 0 Å². The van der Waals surface area contributed by atoms with E-state index in [2.05, 4.69) is 4.72 Å². The van der Waals surface area contributed by atoms with Gasteiger partial charge in [-0.15, -0.1) is 0 Å². The zero-order valence-corrected chi connectivity index (χ0v) is 11.8. The zero-order chi connectivity index (χ0) is 13.5. The van der Waals surface area contributed by atoms with E-state index in [0.717, 1.165) is 29.2 Å². The van der Waals surface area contributed by atoms with Gasteiger partial charge in [-0.2, -0.15) is 0 Å². The predicted molar refractivity (Wildman–Crippen MR) is 74.9 cm³/mol. The Balaban J connectivity index is 1.53. The molecule has 0 aromatic heterocycles. The molecule has 4 aliphatic rings. The molecule has 2 bridgehead atoms. The van der Waals surface area contributed by atoms with Crippen molar-refractivity contribution in [3.63, 3.8) is 0 Å². The van der Waals surface area contributed by atoms with Gasteiger partial charge < -0.3 is 0 Å². The summed E-state index contributed by atoms with van der Waals surface area (Å²) in [6.45, 7) is 0. The van der Waals surface area contributed by atoms with Crippen molar-refractivity contribution in [1.82, 2.24) is 4.72 Å². The maximum atomic E-state index is 12.1. The molecule has 0 saturated heterocycles. The minimum Gasteiger partial charge on any atom is -0.263 e. The SMILES string of the molecule is O=S1(=O)NC(=NC2C3C4CCC(C4)C23)c2ccccc21. The summed E-state index contributed by atoms with van der Waals surface area (Å²) < 4.78 is 26.8. The second-order valence-corrected chi connectivity index (χ2v) is 8.21. The van der Waals surface area contributed by atoms with Crippen molar-refractivity contribution in [1.29, 1.82) is 0 Å². The molecule has 1 heterocycles. The molecule has 0 spiro atoms. The molecule has 3 saturated carbocycles. The normalized spacial score (nSPS) is 44.2. The van der Waals surface area contributed by atoms with Crippen molar-refractivity contribution in [2.24, 2.45) is 28.7 Å². The fourth-order valence-corrected chi connectivity index (χ4v) is 6.07. The topological polar surface area (TPSA) is 58.5 Å². The Morgan fingerprint density at radius 3 is 2.55 bits per heavy atom. The number of nitrogens with one attached hydrogen (secondary N) is 1. The minimum absolute atomic E-state index is 0.366. The van der Waals surface area contributed by atoms with E-state index in [9.17, 15) is 8.42 Å². The molecule has 0 amide bonds. The van der Waals surface area contributed by atoms with E-state index >= 15 is 0 Å². The number of fused-ring (bicyclic) bond motifs is 6. The fraction of sp³-hybridized carbons (Fsp3) is 0.533. The number of hydrogen-bond donors (Lipinski definition) is 1. The molecule has 4 nitrogen and oxygen atoms in total. The van der Waals surface area contributed by atoms with E-state index in [-0.39, 0.29) is 0 Å². The lowest BCUT2D eigenvalue weighted by molar-refractivity contribution is 0.456. The summed E-state index contributed by atoms with van der Waals surface area (Å²) in [4.78, 5) is 5.14. The number of rotatable bonds is 1. The number of benzene rings is 1. The second kappa shape index (κ2) is 3.45. The second-order valence-electron chi connectivity index (χ2n) is 6.56. The first-order valence-corrected chi connectivity index (χ1v) is 8.83. The van der Waals surface area contributed by atoms with Crippen LogP contribution in [0.3, 0.4) is 0 Å². The monoisotopic (exact) mass is 288 g/mol. The highest BCUT2D eigenvalue weighted by atomic mass is 32.2. The molecule has 3 fully saturated rings. The highest BCUT2D eigenvalue weighted by Crippen LogP contribution is 2.67. The van der Waals surface area contributed by atoms with Gasteiger partial charge in [-0.1, -0.05) is 12.1 Å². The Kier molecular flexibility index (Phi) is 1.95. The van der Waals surface area contributed by atoms with E-state index < -0.39 is 10.0 Å². The lowest BCUT2D eigenvalue weighted by atomic mass is 10.0. The molecule has 4 unspecified atom stereocenters. The number of sulfonamides is 1. The smallest absolute Gasteiger partial charge is 0.263 e. The highest BCUT2D eigenvalue weighted by Gasteiger charge is 2.65.